The summed E-state index contributed by atoms with van der Waals surface area (Å²) in [6.07, 6.45) is 11.6. The zero-order valence-electron chi connectivity index (χ0n) is 9.28. The standard InChI is InChI=1S/C13H20N2/c14-9-8-13(6-2-1-3-7-13)12-5-4-10-15-11-12/h4-5,10-11H,1-3,6-9,14H2. The van der Waals surface area contributed by atoms with Crippen LogP contribution in [0.4, 0.5) is 0 Å². The summed E-state index contributed by atoms with van der Waals surface area (Å²) >= 11 is 0. The van der Waals surface area contributed by atoms with E-state index in [0.717, 1.165) is 13.0 Å². The Hall–Kier alpha value is -0.890. The van der Waals surface area contributed by atoms with E-state index in [1.165, 1.54) is 37.7 Å². The molecule has 1 fully saturated rings. The lowest BCUT2D eigenvalue weighted by Gasteiger charge is -2.37. The van der Waals surface area contributed by atoms with E-state index >= 15 is 0 Å². The van der Waals surface area contributed by atoms with Crippen molar-refractivity contribution in [2.75, 3.05) is 6.54 Å². The summed E-state index contributed by atoms with van der Waals surface area (Å²) in [7, 11) is 0. The summed E-state index contributed by atoms with van der Waals surface area (Å²) in [4.78, 5) is 4.25. The van der Waals surface area contributed by atoms with Crippen LogP contribution < -0.4 is 5.73 Å². The SMILES string of the molecule is NCCC1(c2cccnc2)CCCCC1. The van der Waals surface area contributed by atoms with Gasteiger partial charge in [-0.05, 0) is 42.9 Å². The van der Waals surface area contributed by atoms with Gasteiger partial charge in [-0.3, -0.25) is 4.98 Å². The maximum absolute atomic E-state index is 5.76. The highest BCUT2D eigenvalue weighted by Crippen LogP contribution is 2.41. The summed E-state index contributed by atoms with van der Waals surface area (Å²) in [5.41, 5.74) is 7.49. The predicted molar refractivity (Wildman–Crippen MR) is 62.7 cm³/mol. The summed E-state index contributed by atoms with van der Waals surface area (Å²) < 4.78 is 0. The smallest absolute Gasteiger partial charge is 0.0305 e. The molecule has 0 spiro atoms. The van der Waals surface area contributed by atoms with E-state index in [4.69, 9.17) is 5.73 Å². The molecule has 0 unspecified atom stereocenters. The molecule has 0 radical (unpaired) electrons. The van der Waals surface area contributed by atoms with Crippen molar-refractivity contribution in [1.82, 2.24) is 4.98 Å². The Labute approximate surface area is 91.9 Å². The topological polar surface area (TPSA) is 38.9 Å². The summed E-state index contributed by atoms with van der Waals surface area (Å²) in [5, 5.41) is 0. The fourth-order valence-electron chi connectivity index (χ4n) is 2.86. The third kappa shape index (κ3) is 2.20. The largest absolute Gasteiger partial charge is 0.330 e. The van der Waals surface area contributed by atoms with E-state index in [9.17, 15) is 0 Å². The molecule has 2 heteroatoms. The van der Waals surface area contributed by atoms with Gasteiger partial charge in [0.25, 0.3) is 0 Å². The van der Waals surface area contributed by atoms with Gasteiger partial charge in [0.1, 0.15) is 0 Å². The normalized spacial score (nSPS) is 20.1. The number of nitrogens with zero attached hydrogens (tertiary/aromatic N) is 1. The van der Waals surface area contributed by atoms with Crippen molar-refractivity contribution < 1.29 is 0 Å². The quantitative estimate of drug-likeness (QED) is 0.822. The van der Waals surface area contributed by atoms with Crippen LogP contribution in [0.1, 0.15) is 44.1 Å². The second-order valence-corrected chi connectivity index (χ2v) is 4.62. The van der Waals surface area contributed by atoms with Crippen LogP contribution in [0.3, 0.4) is 0 Å². The number of hydrogen-bond donors (Lipinski definition) is 1. The average molecular weight is 204 g/mol. The van der Waals surface area contributed by atoms with Gasteiger partial charge in [-0.1, -0.05) is 25.3 Å². The lowest BCUT2D eigenvalue weighted by atomic mass is 9.68. The highest BCUT2D eigenvalue weighted by molar-refractivity contribution is 5.22. The van der Waals surface area contributed by atoms with E-state index in [2.05, 4.69) is 11.1 Å². The molecule has 0 bridgehead atoms. The molecular weight excluding hydrogens is 184 g/mol. The molecule has 0 amide bonds. The summed E-state index contributed by atoms with van der Waals surface area (Å²) in [5.74, 6) is 0. The van der Waals surface area contributed by atoms with Crippen LogP contribution >= 0.6 is 0 Å². The fourth-order valence-corrected chi connectivity index (χ4v) is 2.86. The van der Waals surface area contributed by atoms with Crippen LogP contribution in [0.5, 0.6) is 0 Å². The molecule has 82 valence electrons. The van der Waals surface area contributed by atoms with E-state index in [1.807, 2.05) is 18.5 Å². The van der Waals surface area contributed by atoms with E-state index < -0.39 is 0 Å². The van der Waals surface area contributed by atoms with Gasteiger partial charge in [0.15, 0.2) is 0 Å². The van der Waals surface area contributed by atoms with Crippen LogP contribution in [0, 0.1) is 0 Å². The monoisotopic (exact) mass is 204 g/mol. The first kappa shape index (κ1) is 10.6. The van der Waals surface area contributed by atoms with Crippen molar-refractivity contribution in [2.24, 2.45) is 5.73 Å². The van der Waals surface area contributed by atoms with Crippen LogP contribution in [-0.4, -0.2) is 11.5 Å². The van der Waals surface area contributed by atoms with E-state index in [-0.39, 0.29) is 0 Å². The van der Waals surface area contributed by atoms with Gasteiger partial charge >= 0.3 is 0 Å². The number of aromatic nitrogens is 1. The van der Waals surface area contributed by atoms with Crippen molar-refractivity contribution in [1.29, 1.82) is 0 Å². The molecule has 2 nitrogen and oxygen atoms in total. The molecule has 1 aliphatic rings. The molecule has 1 aromatic rings. The molecule has 1 aromatic heterocycles. The Kier molecular flexibility index (Phi) is 3.37. The zero-order valence-corrected chi connectivity index (χ0v) is 9.28. The zero-order chi connectivity index (χ0) is 10.6. The van der Waals surface area contributed by atoms with Crippen LogP contribution in [0.2, 0.25) is 0 Å². The molecule has 0 aromatic carbocycles. The molecule has 2 N–H and O–H groups in total. The Bertz CT molecular complexity index is 283. The molecule has 0 atom stereocenters. The molecule has 1 aliphatic carbocycles. The molecule has 1 heterocycles. The second kappa shape index (κ2) is 4.75. The fraction of sp³-hybridized carbons (Fsp3) is 0.615. The lowest BCUT2D eigenvalue weighted by Crippen LogP contribution is -2.31. The van der Waals surface area contributed by atoms with Gasteiger partial charge in [-0.15, -0.1) is 0 Å². The molecular formula is C13H20N2. The van der Waals surface area contributed by atoms with Crippen LogP contribution in [0.25, 0.3) is 0 Å². The second-order valence-electron chi connectivity index (χ2n) is 4.62. The lowest BCUT2D eigenvalue weighted by molar-refractivity contribution is 0.277. The first-order chi connectivity index (χ1) is 7.37. The minimum absolute atomic E-state index is 0.335. The van der Waals surface area contributed by atoms with Crippen molar-refractivity contribution >= 4 is 0 Å². The van der Waals surface area contributed by atoms with Gasteiger partial charge in [0.05, 0.1) is 0 Å². The molecule has 2 rings (SSSR count). The Morgan fingerprint density at radius 1 is 1.27 bits per heavy atom. The molecule has 1 saturated carbocycles. The minimum atomic E-state index is 0.335. The molecule has 0 saturated heterocycles. The van der Waals surface area contributed by atoms with Crippen LogP contribution in [0.15, 0.2) is 24.5 Å². The van der Waals surface area contributed by atoms with Gasteiger partial charge < -0.3 is 5.73 Å². The Morgan fingerprint density at radius 3 is 2.67 bits per heavy atom. The number of pyridine rings is 1. The van der Waals surface area contributed by atoms with Gasteiger partial charge in [0, 0.05) is 12.4 Å². The van der Waals surface area contributed by atoms with Gasteiger partial charge in [-0.2, -0.15) is 0 Å². The van der Waals surface area contributed by atoms with Crippen molar-refractivity contribution in [3.05, 3.63) is 30.1 Å². The van der Waals surface area contributed by atoms with E-state index in [1.54, 1.807) is 0 Å². The van der Waals surface area contributed by atoms with Gasteiger partial charge in [0.2, 0.25) is 0 Å². The van der Waals surface area contributed by atoms with Crippen LogP contribution in [-0.2, 0) is 5.41 Å². The minimum Gasteiger partial charge on any atom is -0.330 e. The summed E-state index contributed by atoms with van der Waals surface area (Å²) in [6, 6.07) is 4.26. The highest BCUT2D eigenvalue weighted by Gasteiger charge is 2.32. The Balaban J connectivity index is 2.25. The maximum Gasteiger partial charge on any atom is 0.0305 e. The van der Waals surface area contributed by atoms with Crippen molar-refractivity contribution in [2.45, 2.75) is 43.9 Å². The predicted octanol–water partition coefficient (Wildman–Crippen LogP) is 2.63. The average Bonchev–Trinajstić information content (AvgIpc) is 2.32. The van der Waals surface area contributed by atoms with Gasteiger partial charge in [-0.25, -0.2) is 0 Å². The third-order valence-corrected chi connectivity index (χ3v) is 3.71. The molecule has 0 aliphatic heterocycles. The Morgan fingerprint density at radius 2 is 2.07 bits per heavy atom. The van der Waals surface area contributed by atoms with Crippen molar-refractivity contribution in [3.63, 3.8) is 0 Å². The first-order valence-electron chi connectivity index (χ1n) is 5.98. The number of rotatable bonds is 3. The highest BCUT2D eigenvalue weighted by atomic mass is 14.6. The first-order valence-corrected chi connectivity index (χ1v) is 5.98. The maximum atomic E-state index is 5.76. The summed E-state index contributed by atoms with van der Waals surface area (Å²) in [6.45, 7) is 0.787. The number of nitrogens with two attached hydrogens (primary N) is 1. The molecule has 15 heavy (non-hydrogen) atoms. The van der Waals surface area contributed by atoms with E-state index in [0.29, 0.717) is 5.41 Å². The number of hydrogen-bond acceptors (Lipinski definition) is 2. The third-order valence-electron chi connectivity index (χ3n) is 3.71. The van der Waals surface area contributed by atoms with Crippen molar-refractivity contribution in [3.8, 4) is 0 Å².